The van der Waals surface area contributed by atoms with Crippen LogP contribution in [-0.4, -0.2) is 10.7 Å². The van der Waals surface area contributed by atoms with Crippen LogP contribution in [0.1, 0.15) is 59.8 Å². The van der Waals surface area contributed by atoms with Gasteiger partial charge in [0.1, 0.15) is 0 Å². The predicted molar refractivity (Wildman–Crippen MR) is 66.1 cm³/mol. The van der Waals surface area contributed by atoms with Crippen LogP contribution in [0.2, 0.25) is 0 Å². The van der Waals surface area contributed by atoms with Crippen LogP contribution in [0.4, 0.5) is 0 Å². The number of rotatable bonds is 0. The Balaban J connectivity index is 2.13. The fourth-order valence-electron chi connectivity index (χ4n) is 5.69. The fourth-order valence-corrected chi connectivity index (χ4v) is 5.69. The molecule has 4 aliphatic carbocycles. The minimum atomic E-state index is -0.391. The van der Waals surface area contributed by atoms with Gasteiger partial charge >= 0.3 is 0 Å². The molecule has 1 nitrogen and oxygen atoms in total. The topological polar surface area (TPSA) is 20.2 Å². The smallest absolute Gasteiger partial charge is 0.0757 e. The van der Waals surface area contributed by atoms with Gasteiger partial charge in [0.15, 0.2) is 0 Å². The van der Waals surface area contributed by atoms with Crippen molar-refractivity contribution >= 4 is 0 Å². The molecule has 1 heteroatoms. The first-order valence-electron chi connectivity index (χ1n) is 7.05. The number of hydrogen-bond acceptors (Lipinski definition) is 1. The van der Waals surface area contributed by atoms with Crippen molar-refractivity contribution in [3.05, 3.63) is 0 Å². The van der Waals surface area contributed by atoms with E-state index in [-0.39, 0.29) is 10.8 Å². The molecule has 0 aromatic heterocycles. The Morgan fingerprint density at radius 3 is 2.44 bits per heavy atom. The second kappa shape index (κ2) is 2.85. The van der Waals surface area contributed by atoms with E-state index in [1.54, 1.807) is 0 Å². The van der Waals surface area contributed by atoms with Crippen LogP contribution < -0.4 is 0 Å². The Morgan fingerprint density at radius 2 is 1.75 bits per heavy atom. The van der Waals surface area contributed by atoms with Gasteiger partial charge in [-0.3, -0.25) is 0 Å². The van der Waals surface area contributed by atoms with Gasteiger partial charge in [0.25, 0.3) is 0 Å². The lowest BCUT2D eigenvalue weighted by molar-refractivity contribution is -0.291. The van der Waals surface area contributed by atoms with Crippen LogP contribution in [0, 0.1) is 28.6 Å². The number of aliphatic hydroxyl groups is 1. The van der Waals surface area contributed by atoms with Crippen LogP contribution in [0.25, 0.3) is 0 Å². The Morgan fingerprint density at radius 1 is 1.06 bits per heavy atom. The molecule has 0 radical (unpaired) electrons. The zero-order chi connectivity index (χ0) is 11.8. The van der Waals surface area contributed by atoms with Crippen molar-refractivity contribution in [3.63, 3.8) is 0 Å². The maximum atomic E-state index is 11.3. The molecule has 1 N–H and O–H groups in total. The summed E-state index contributed by atoms with van der Waals surface area (Å²) >= 11 is 0. The quantitative estimate of drug-likeness (QED) is 0.664. The summed E-state index contributed by atoms with van der Waals surface area (Å²) in [4.78, 5) is 0. The highest BCUT2D eigenvalue weighted by atomic mass is 16.3. The van der Waals surface area contributed by atoms with Gasteiger partial charge in [-0.25, -0.2) is 0 Å². The molecule has 0 unspecified atom stereocenters. The molecule has 4 saturated carbocycles. The lowest BCUT2D eigenvalue weighted by atomic mass is 9.35. The summed E-state index contributed by atoms with van der Waals surface area (Å²) in [6.45, 7) is 9.43. The summed E-state index contributed by atoms with van der Waals surface area (Å²) in [5.74, 6) is 2.36. The molecule has 0 aliphatic heterocycles. The molecular weight excluding hydrogens is 196 g/mol. The van der Waals surface area contributed by atoms with Gasteiger partial charge in [0.05, 0.1) is 5.60 Å². The molecule has 4 aliphatic rings. The molecule has 5 atom stereocenters. The van der Waals surface area contributed by atoms with Gasteiger partial charge in [0, 0.05) is 0 Å². The Labute approximate surface area is 99.6 Å². The third-order valence-electron chi connectivity index (χ3n) is 7.05. The number of hydrogen-bond donors (Lipinski definition) is 1. The second-order valence-corrected chi connectivity index (χ2v) is 7.59. The van der Waals surface area contributed by atoms with Crippen molar-refractivity contribution in [3.8, 4) is 0 Å². The van der Waals surface area contributed by atoms with Crippen LogP contribution >= 0.6 is 0 Å². The minimum absolute atomic E-state index is 0.136. The van der Waals surface area contributed by atoms with Gasteiger partial charge < -0.3 is 5.11 Å². The molecule has 16 heavy (non-hydrogen) atoms. The van der Waals surface area contributed by atoms with E-state index >= 15 is 0 Å². The first kappa shape index (κ1) is 11.1. The van der Waals surface area contributed by atoms with E-state index in [2.05, 4.69) is 27.7 Å². The zero-order valence-corrected chi connectivity index (χ0v) is 11.2. The summed E-state index contributed by atoms with van der Waals surface area (Å²) in [7, 11) is 0. The maximum absolute atomic E-state index is 11.3. The maximum Gasteiger partial charge on any atom is 0.0757 e. The van der Waals surface area contributed by atoms with E-state index in [1.165, 1.54) is 25.7 Å². The Bertz CT molecular complexity index is 321. The standard InChI is InChI=1S/C15H26O/c1-10-5-8-15(16)13(2,3)11-6-7-14(15,4)12(10)9-11/h10-12,16H,5-9H2,1-4H3/t10-,11+,12-,14-,15+/m1/s1. The SMILES string of the molecule is C[C@@H]1CC[C@]2(O)C(C)(C)[C@H]3CC[C@]2(C)[C@@H]1C3. The van der Waals surface area contributed by atoms with Crippen molar-refractivity contribution in [2.75, 3.05) is 0 Å². The van der Waals surface area contributed by atoms with Gasteiger partial charge in [0.2, 0.25) is 0 Å². The Kier molecular flexibility index (Phi) is 1.98. The monoisotopic (exact) mass is 222 g/mol. The van der Waals surface area contributed by atoms with Gasteiger partial charge in [-0.1, -0.05) is 27.7 Å². The molecule has 0 amide bonds. The lowest BCUT2D eigenvalue weighted by Crippen LogP contribution is -2.71. The van der Waals surface area contributed by atoms with E-state index in [9.17, 15) is 5.11 Å². The molecule has 4 fully saturated rings. The second-order valence-electron chi connectivity index (χ2n) is 7.59. The van der Waals surface area contributed by atoms with Crippen molar-refractivity contribution < 1.29 is 5.11 Å². The zero-order valence-electron chi connectivity index (χ0n) is 11.2. The number of fused-ring (bicyclic) bond motifs is 1. The van der Waals surface area contributed by atoms with Crippen LogP contribution in [0.3, 0.4) is 0 Å². The van der Waals surface area contributed by atoms with Crippen molar-refractivity contribution in [2.24, 2.45) is 28.6 Å². The fraction of sp³-hybridized carbons (Fsp3) is 1.00. The van der Waals surface area contributed by atoms with Gasteiger partial charge in [-0.15, -0.1) is 0 Å². The molecule has 92 valence electrons. The molecule has 0 saturated heterocycles. The van der Waals surface area contributed by atoms with Crippen LogP contribution in [0.15, 0.2) is 0 Å². The molecule has 0 aromatic carbocycles. The van der Waals surface area contributed by atoms with E-state index in [0.717, 1.165) is 24.2 Å². The van der Waals surface area contributed by atoms with E-state index in [4.69, 9.17) is 0 Å². The highest BCUT2D eigenvalue weighted by Gasteiger charge is 2.69. The van der Waals surface area contributed by atoms with Gasteiger partial charge in [-0.05, 0) is 60.7 Å². The largest absolute Gasteiger partial charge is 0.389 e. The normalized spacial score (nSPS) is 58.7. The highest BCUT2D eigenvalue weighted by Crippen LogP contribution is 2.71. The van der Waals surface area contributed by atoms with Crippen molar-refractivity contribution in [2.45, 2.75) is 65.4 Å². The van der Waals surface area contributed by atoms with E-state index < -0.39 is 5.60 Å². The lowest BCUT2D eigenvalue weighted by Gasteiger charge is -2.71. The van der Waals surface area contributed by atoms with Gasteiger partial charge in [-0.2, -0.15) is 0 Å². The first-order valence-corrected chi connectivity index (χ1v) is 7.05. The van der Waals surface area contributed by atoms with Crippen molar-refractivity contribution in [1.29, 1.82) is 0 Å². The molecule has 4 rings (SSSR count). The molecule has 4 bridgehead atoms. The average molecular weight is 222 g/mol. The summed E-state index contributed by atoms with van der Waals surface area (Å²) in [6, 6.07) is 0. The summed E-state index contributed by atoms with van der Waals surface area (Å²) in [5.41, 5.74) is -0.0576. The minimum Gasteiger partial charge on any atom is -0.389 e. The summed E-state index contributed by atoms with van der Waals surface area (Å²) < 4.78 is 0. The third-order valence-corrected chi connectivity index (χ3v) is 7.05. The summed E-state index contributed by atoms with van der Waals surface area (Å²) in [5, 5.41) is 11.3. The predicted octanol–water partition coefficient (Wildman–Crippen LogP) is 3.61. The first-order chi connectivity index (χ1) is 7.33. The Hall–Kier alpha value is -0.0400. The van der Waals surface area contributed by atoms with E-state index in [1.807, 2.05) is 0 Å². The van der Waals surface area contributed by atoms with Crippen LogP contribution in [-0.2, 0) is 0 Å². The van der Waals surface area contributed by atoms with E-state index in [0.29, 0.717) is 0 Å². The molecule has 0 heterocycles. The highest BCUT2D eigenvalue weighted by molar-refractivity contribution is 5.19. The van der Waals surface area contributed by atoms with Crippen LogP contribution in [0.5, 0.6) is 0 Å². The molecule has 0 aromatic rings. The third kappa shape index (κ3) is 0.939. The molecule has 0 spiro atoms. The average Bonchev–Trinajstić information content (AvgIpc) is 2.22. The summed E-state index contributed by atoms with van der Waals surface area (Å²) in [6.07, 6.45) is 6.23. The molecular formula is C15H26O. The van der Waals surface area contributed by atoms with Crippen molar-refractivity contribution in [1.82, 2.24) is 0 Å².